The third-order valence-electron chi connectivity index (χ3n) is 5.10. The van der Waals surface area contributed by atoms with Crippen molar-refractivity contribution < 1.29 is 19.0 Å². The molecule has 2 heterocycles. The van der Waals surface area contributed by atoms with E-state index in [-0.39, 0.29) is 36.9 Å². The lowest BCUT2D eigenvalue weighted by atomic mass is 10.1. The summed E-state index contributed by atoms with van der Waals surface area (Å²) in [6.07, 6.45) is 0.664. The van der Waals surface area contributed by atoms with Crippen LogP contribution in [0.2, 0.25) is 0 Å². The van der Waals surface area contributed by atoms with Crippen LogP contribution in [0.4, 0.5) is 15.0 Å². The highest BCUT2D eigenvalue weighted by Crippen LogP contribution is 2.25. The van der Waals surface area contributed by atoms with Crippen molar-refractivity contribution in [3.05, 3.63) is 78.2 Å². The van der Waals surface area contributed by atoms with Crippen LogP contribution in [0.5, 0.6) is 5.75 Å². The lowest BCUT2D eigenvalue weighted by Crippen LogP contribution is -2.35. The van der Waals surface area contributed by atoms with Gasteiger partial charge in [0.05, 0.1) is 24.0 Å². The topological polar surface area (TPSA) is 101 Å². The Labute approximate surface area is 202 Å². The van der Waals surface area contributed by atoms with E-state index in [9.17, 15) is 9.18 Å². The molecule has 178 valence electrons. The predicted octanol–water partition coefficient (Wildman–Crippen LogP) is 5.17. The Morgan fingerprint density at radius 3 is 2.62 bits per heavy atom. The molecular formula is C24H25ClFN5O3. The predicted molar refractivity (Wildman–Crippen MR) is 130 cm³/mol. The second-order valence-corrected chi connectivity index (χ2v) is 7.74. The third kappa shape index (κ3) is 5.93. The van der Waals surface area contributed by atoms with Crippen LogP contribution in [0.3, 0.4) is 0 Å². The second-order valence-electron chi connectivity index (χ2n) is 7.74. The first-order chi connectivity index (χ1) is 15.9. The lowest BCUT2D eigenvalue weighted by molar-refractivity contribution is 0.183. The van der Waals surface area contributed by atoms with Gasteiger partial charge in [-0.2, -0.15) is 0 Å². The van der Waals surface area contributed by atoms with E-state index in [0.29, 0.717) is 17.2 Å². The molecule has 2 aromatic carbocycles. The number of hydrogen-bond donors (Lipinski definition) is 3. The maximum Gasteiger partial charge on any atom is 0.404 e. The quantitative estimate of drug-likeness (QED) is 0.318. The number of halogens is 2. The van der Waals surface area contributed by atoms with E-state index >= 15 is 0 Å². The van der Waals surface area contributed by atoms with Crippen molar-refractivity contribution in [2.24, 2.45) is 0 Å². The van der Waals surface area contributed by atoms with Gasteiger partial charge >= 0.3 is 6.09 Å². The fourth-order valence-electron chi connectivity index (χ4n) is 3.42. The zero-order chi connectivity index (χ0) is 23.4. The normalized spacial score (nSPS) is 12.4. The van der Waals surface area contributed by atoms with E-state index in [1.54, 1.807) is 23.7 Å². The van der Waals surface area contributed by atoms with Gasteiger partial charge in [0, 0.05) is 5.56 Å². The average molecular weight is 486 g/mol. The molecule has 0 unspecified atom stereocenters. The number of aromatic nitrogens is 3. The Hall–Kier alpha value is -3.85. The fraction of sp³-hybridized carbons (Fsp3) is 0.208. The summed E-state index contributed by atoms with van der Waals surface area (Å²) in [6.45, 7) is 3.90. The molecule has 4 aromatic rings. The van der Waals surface area contributed by atoms with Crippen molar-refractivity contribution in [1.82, 2.24) is 19.9 Å². The number of anilines is 1. The molecular weight excluding hydrogens is 461 g/mol. The minimum atomic E-state index is -1.08. The molecule has 0 aliphatic carbocycles. The number of carboxylic acid groups (broad SMARTS) is 1. The first-order valence-electron chi connectivity index (χ1n) is 10.5. The molecule has 0 aliphatic rings. The maximum absolute atomic E-state index is 13.5. The molecule has 4 rings (SSSR count). The van der Waals surface area contributed by atoms with Crippen molar-refractivity contribution in [3.8, 4) is 17.0 Å². The molecule has 8 nitrogen and oxygen atoms in total. The summed E-state index contributed by atoms with van der Waals surface area (Å²) < 4.78 is 20.9. The summed E-state index contributed by atoms with van der Waals surface area (Å²) in [6, 6.07) is 17.1. The van der Waals surface area contributed by atoms with Crippen molar-refractivity contribution in [2.75, 3.05) is 11.9 Å². The molecule has 1 amide bonds. The van der Waals surface area contributed by atoms with Crippen molar-refractivity contribution in [2.45, 2.75) is 25.9 Å². The van der Waals surface area contributed by atoms with Gasteiger partial charge in [-0.25, -0.2) is 18.7 Å². The highest BCUT2D eigenvalue weighted by molar-refractivity contribution is 5.85. The molecule has 2 atom stereocenters. The SMILES string of the molecule is C[C@H](COc1ccc(-c2cnc3ccc(N[C@H](C)c4cccc(F)c4)nn23)cc1)NC(=O)O.Cl. The molecule has 0 spiro atoms. The summed E-state index contributed by atoms with van der Waals surface area (Å²) in [5, 5.41) is 19.1. The lowest BCUT2D eigenvalue weighted by Gasteiger charge is -2.15. The molecule has 10 heteroatoms. The summed E-state index contributed by atoms with van der Waals surface area (Å²) in [4.78, 5) is 15.1. The van der Waals surface area contributed by atoms with Gasteiger partial charge in [-0.15, -0.1) is 17.5 Å². The number of carbonyl (C=O) groups is 1. The minimum absolute atomic E-state index is 0. The monoisotopic (exact) mass is 485 g/mol. The van der Waals surface area contributed by atoms with Gasteiger partial charge in [0.15, 0.2) is 5.65 Å². The number of rotatable bonds is 8. The number of fused-ring (bicyclic) bond motifs is 1. The summed E-state index contributed by atoms with van der Waals surface area (Å²) in [5.74, 6) is 0.991. The van der Waals surface area contributed by atoms with Gasteiger partial charge in [0.1, 0.15) is 24.0 Å². The molecule has 34 heavy (non-hydrogen) atoms. The van der Waals surface area contributed by atoms with E-state index in [4.69, 9.17) is 9.84 Å². The molecule has 0 fully saturated rings. The number of benzene rings is 2. The highest BCUT2D eigenvalue weighted by Gasteiger charge is 2.12. The van der Waals surface area contributed by atoms with E-state index in [2.05, 4.69) is 20.7 Å². The molecule has 0 radical (unpaired) electrons. The van der Waals surface area contributed by atoms with Crippen LogP contribution in [0.1, 0.15) is 25.5 Å². The molecule has 0 saturated carbocycles. The molecule has 2 aromatic heterocycles. The zero-order valence-corrected chi connectivity index (χ0v) is 19.4. The number of nitrogens with zero attached hydrogens (tertiary/aromatic N) is 3. The Morgan fingerprint density at radius 2 is 1.91 bits per heavy atom. The Kier molecular flexibility index (Phi) is 7.91. The average Bonchev–Trinajstić information content (AvgIpc) is 3.21. The van der Waals surface area contributed by atoms with Gasteiger partial charge < -0.3 is 20.5 Å². The van der Waals surface area contributed by atoms with E-state index in [1.807, 2.05) is 49.4 Å². The maximum atomic E-state index is 13.5. The van der Waals surface area contributed by atoms with Crippen LogP contribution < -0.4 is 15.4 Å². The number of imidazole rings is 1. The summed E-state index contributed by atoms with van der Waals surface area (Å²) in [7, 11) is 0. The molecule has 0 bridgehead atoms. The Bertz CT molecular complexity index is 1270. The smallest absolute Gasteiger partial charge is 0.404 e. The molecule has 0 aliphatic heterocycles. The zero-order valence-electron chi connectivity index (χ0n) is 18.6. The van der Waals surface area contributed by atoms with Crippen LogP contribution in [0, 0.1) is 5.82 Å². The highest BCUT2D eigenvalue weighted by atomic mass is 35.5. The largest absolute Gasteiger partial charge is 0.491 e. The van der Waals surface area contributed by atoms with Crippen molar-refractivity contribution in [3.63, 3.8) is 0 Å². The molecule has 0 saturated heterocycles. The van der Waals surface area contributed by atoms with Gasteiger partial charge in [-0.05, 0) is 67.9 Å². The first-order valence-corrected chi connectivity index (χ1v) is 10.5. The van der Waals surface area contributed by atoms with Crippen LogP contribution in [-0.2, 0) is 0 Å². The minimum Gasteiger partial charge on any atom is -0.491 e. The van der Waals surface area contributed by atoms with Crippen LogP contribution in [0.25, 0.3) is 16.9 Å². The molecule has 3 N–H and O–H groups in total. The van der Waals surface area contributed by atoms with Gasteiger partial charge in [0.2, 0.25) is 0 Å². The van der Waals surface area contributed by atoms with E-state index in [1.165, 1.54) is 12.1 Å². The first kappa shape index (κ1) is 24.8. The van der Waals surface area contributed by atoms with Gasteiger partial charge in [0.25, 0.3) is 0 Å². The standard InChI is InChI=1S/C24H24FN5O3.ClH/c1-15(27-24(31)32)14-33-20-8-6-17(7-9-20)21-13-26-23-11-10-22(29-30(21)23)28-16(2)18-4-3-5-19(25)12-18;/h3-13,15-16,27H,14H2,1-2H3,(H,28,29)(H,31,32);1H/t15-,16-;/m1./s1. The van der Waals surface area contributed by atoms with Gasteiger partial charge in [-0.3, -0.25) is 0 Å². The number of ether oxygens (including phenoxy) is 1. The summed E-state index contributed by atoms with van der Waals surface area (Å²) >= 11 is 0. The van der Waals surface area contributed by atoms with Gasteiger partial charge in [-0.1, -0.05) is 12.1 Å². The second kappa shape index (κ2) is 10.8. The van der Waals surface area contributed by atoms with E-state index < -0.39 is 6.09 Å². The number of amides is 1. The van der Waals surface area contributed by atoms with Crippen molar-refractivity contribution in [1.29, 1.82) is 0 Å². The summed E-state index contributed by atoms with van der Waals surface area (Å²) in [5.41, 5.74) is 3.22. The Morgan fingerprint density at radius 1 is 1.15 bits per heavy atom. The van der Waals surface area contributed by atoms with Crippen LogP contribution in [0.15, 0.2) is 66.9 Å². The third-order valence-corrected chi connectivity index (χ3v) is 5.10. The van der Waals surface area contributed by atoms with Crippen LogP contribution >= 0.6 is 12.4 Å². The Balaban J connectivity index is 0.00000324. The number of nitrogens with one attached hydrogen (secondary N) is 2. The van der Waals surface area contributed by atoms with E-state index in [0.717, 1.165) is 16.8 Å². The number of hydrogen-bond acceptors (Lipinski definition) is 5. The van der Waals surface area contributed by atoms with Crippen LogP contribution in [-0.4, -0.2) is 38.4 Å². The van der Waals surface area contributed by atoms with Crippen molar-refractivity contribution >= 4 is 30.0 Å². The fourth-order valence-corrected chi connectivity index (χ4v) is 3.42.